The van der Waals surface area contributed by atoms with E-state index in [4.69, 9.17) is 36.5 Å². The molecule has 30 heavy (non-hydrogen) atoms. The first-order valence-corrected chi connectivity index (χ1v) is 9.03. The molecule has 0 saturated heterocycles. The highest BCUT2D eigenvalue weighted by molar-refractivity contribution is 6.30. The summed E-state index contributed by atoms with van der Waals surface area (Å²) in [6, 6.07) is 14.8. The third-order valence-corrected chi connectivity index (χ3v) is 3.61. The molecule has 0 heterocycles. The zero-order chi connectivity index (χ0) is 22.4. The van der Waals surface area contributed by atoms with Crippen molar-refractivity contribution in [3.05, 3.63) is 70.8 Å². The zero-order valence-corrected chi connectivity index (χ0v) is 16.9. The van der Waals surface area contributed by atoms with Gasteiger partial charge in [-0.25, -0.2) is 9.59 Å². The molecule has 0 bridgehead atoms. The number of halogens is 1. The highest BCUT2D eigenvalue weighted by Gasteiger charge is 2.06. The number of nitrogens with one attached hydrogen (secondary N) is 1. The predicted octanol–water partition coefficient (Wildman–Crippen LogP) is 3.45. The number of hydrogen-bond donors (Lipinski definition) is 3. The number of nitriles is 1. The van der Waals surface area contributed by atoms with Gasteiger partial charge in [0.1, 0.15) is 17.6 Å². The van der Waals surface area contributed by atoms with Crippen molar-refractivity contribution in [2.24, 2.45) is 0 Å². The average molecular weight is 433 g/mol. The van der Waals surface area contributed by atoms with E-state index in [0.29, 0.717) is 40.8 Å². The number of nitrogens with zero attached hydrogens (tertiary/aromatic N) is 1. The molecule has 0 saturated carbocycles. The van der Waals surface area contributed by atoms with E-state index in [1.165, 1.54) is 0 Å². The van der Waals surface area contributed by atoms with Crippen LogP contribution in [0.15, 0.2) is 54.6 Å². The van der Waals surface area contributed by atoms with E-state index in [1.807, 2.05) is 24.3 Å². The molecule has 0 unspecified atom stereocenters. The molecule has 0 atom stereocenters. The maximum atomic E-state index is 9.55. The van der Waals surface area contributed by atoms with Gasteiger partial charge in [0.2, 0.25) is 0 Å². The van der Waals surface area contributed by atoms with E-state index >= 15 is 0 Å². The summed E-state index contributed by atoms with van der Waals surface area (Å²) in [5, 5.41) is 28.5. The van der Waals surface area contributed by atoms with Crippen LogP contribution in [0.5, 0.6) is 11.5 Å². The SMILES string of the molecule is COCCNCc1cccc(Oc2cc(Cl)ccc2C#N)c1.O=C(O)C=CC(=O)O. The number of hydrogen-bond acceptors (Lipinski definition) is 6. The molecule has 9 heteroatoms. The van der Waals surface area contributed by atoms with Gasteiger partial charge in [-0.05, 0) is 29.8 Å². The number of carboxylic acid groups (broad SMARTS) is 2. The maximum absolute atomic E-state index is 9.55. The second-order valence-corrected chi connectivity index (χ2v) is 6.12. The van der Waals surface area contributed by atoms with Crippen LogP contribution in [0.3, 0.4) is 0 Å². The summed E-state index contributed by atoms with van der Waals surface area (Å²) in [6.45, 7) is 2.18. The topological polar surface area (TPSA) is 129 Å². The molecule has 0 aliphatic rings. The molecule has 0 fully saturated rings. The number of carboxylic acids is 2. The van der Waals surface area contributed by atoms with E-state index < -0.39 is 11.9 Å². The van der Waals surface area contributed by atoms with Gasteiger partial charge in [0.25, 0.3) is 0 Å². The number of carbonyl (C=O) groups is 2. The molecule has 2 aromatic rings. The minimum Gasteiger partial charge on any atom is -0.478 e. The van der Waals surface area contributed by atoms with Crippen LogP contribution < -0.4 is 10.1 Å². The number of rotatable bonds is 9. The monoisotopic (exact) mass is 432 g/mol. The molecule has 0 aliphatic heterocycles. The number of benzene rings is 2. The van der Waals surface area contributed by atoms with Crippen molar-refractivity contribution < 1.29 is 29.3 Å². The Morgan fingerprint density at radius 1 is 1.17 bits per heavy atom. The Labute approximate surface area is 178 Å². The van der Waals surface area contributed by atoms with Gasteiger partial charge in [0.15, 0.2) is 0 Å². The fourth-order valence-electron chi connectivity index (χ4n) is 2.07. The van der Waals surface area contributed by atoms with Crippen molar-refractivity contribution in [2.75, 3.05) is 20.3 Å². The van der Waals surface area contributed by atoms with E-state index in [0.717, 1.165) is 18.7 Å². The molecule has 0 spiro atoms. The summed E-state index contributed by atoms with van der Waals surface area (Å²) in [5.41, 5.74) is 1.54. The molecule has 0 aromatic heterocycles. The van der Waals surface area contributed by atoms with Gasteiger partial charge in [0, 0.05) is 43.4 Å². The van der Waals surface area contributed by atoms with E-state index in [2.05, 4.69) is 11.4 Å². The highest BCUT2D eigenvalue weighted by atomic mass is 35.5. The van der Waals surface area contributed by atoms with Crippen LogP contribution in [0.25, 0.3) is 0 Å². The van der Waals surface area contributed by atoms with Gasteiger partial charge in [-0.1, -0.05) is 23.7 Å². The third kappa shape index (κ3) is 10.2. The van der Waals surface area contributed by atoms with Crippen molar-refractivity contribution in [2.45, 2.75) is 6.54 Å². The Bertz CT molecular complexity index is 908. The summed E-state index contributed by atoms with van der Waals surface area (Å²) >= 11 is 5.96. The smallest absolute Gasteiger partial charge is 0.328 e. The van der Waals surface area contributed by atoms with E-state index in [9.17, 15) is 9.59 Å². The van der Waals surface area contributed by atoms with Crippen molar-refractivity contribution in [1.29, 1.82) is 5.26 Å². The molecule has 2 rings (SSSR count). The van der Waals surface area contributed by atoms with Gasteiger partial charge in [-0.2, -0.15) is 5.26 Å². The van der Waals surface area contributed by atoms with Gasteiger partial charge < -0.3 is 25.0 Å². The summed E-state index contributed by atoms with van der Waals surface area (Å²) in [6.07, 6.45) is 1.12. The lowest BCUT2D eigenvalue weighted by Crippen LogP contribution is -2.18. The quantitative estimate of drug-likeness (QED) is 0.406. The lowest BCUT2D eigenvalue weighted by atomic mass is 10.2. The molecule has 2 aromatic carbocycles. The molecule has 3 N–H and O–H groups in total. The van der Waals surface area contributed by atoms with Crippen LogP contribution in [0.4, 0.5) is 0 Å². The molecule has 0 aliphatic carbocycles. The standard InChI is InChI=1S/C17H17ClN2O2.C4H4O4/c1-21-8-7-20-12-13-3-2-4-16(9-13)22-17-10-15(18)6-5-14(17)11-19;5-3(6)1-2-4(7)8/h2-6,9-10,20H,7-8,12H2,1H3;1-2H,(H,5,6)(H,7,8). The van der Waals surface area contributed by atoms with Crippen molar-refractivity contribution >= 4 is 23.5 Å². The third-order valence-electron chi connectivity index (χ3n) is 3.37. The number of ether oxygens (including phenoxy) is 2. The molecular weight excluding hydrogens is 412 g/mol. The van der Waals surface area contributed by atoms with Crippen molar-refractivity contribution in [3.63, 3.8) is 0 Å². The molecular formula is C21H21ClN2O6. The Morgan fingerprint density at radius 2 is 1.87 bits per heavy atom. The van der Waals surface area contributed by atoms with Crippen LogP contribution in [-0.4, -0.2) is 42.4 Å². The van der Waals surface area contributed by atoms with Crippen LogP contribution in [0.2, 0.25) is 5.02 Å². The lowest BCUT2D eigenvalue weighted by Gasteiger charge is -2.10. The highest BCUT2D eigenvalue weighted by Crippen LogP contribution is 2.28. The summed E-state index contributed by atoms with van der Waals surface area (Å²) < 4.78 is 10.8. The Hall–Kier alpha value is -3.38. The molecule has 158 valence electrons. The van der Waals surface area contributed by atoms with Crippen LogP contribution >= 0.6 is 11.6 Å². The van der Waals surface area contributed by atoms with Crippen LogP contribution in [0, 0.1) is 11.3 Å². The minimum atomic E-state index is -1.26. The van der Waals surface area contributed by atoms with Gasteiger partial charge in [-0.3, -0.25) is 0 Å². The normalized spacial score (nSPS) is 10.0. The van der Waals surface area contributed by atoms with Gasteiger partial charge in [0.05, 0.1) is 12.2 Å². The summed E-state index contributed by atoms with van der Waals surface area (Å²) in [4.78, 5) is 19.1. The Kier molecular flexibility index (Phi) is 11.3. The second-order valence-electron chi connectivity index (χ2n) is 5.68. The molecule has 0 amide bonds. The Morgan fingerprint density at radius 3 is 2.47 bits per heavy atom. The number of methoxy groups -OCH3 is 1. The summed E-state index contributed by atoms with van der Waals surface area (Å²) in [5.74, 6) is -1.39. The first-order valence-electron chi connectivity index (χ1n) is 8.65. The van der Waals surface area contributed by atoms with Crippen molar-refractivity contribution in [1.82, 2.24) is 5.32 Å². The first kappa shape index (κ1) is 24.7. The van der Waals surface area contributed by atoms with Crippen LogP contribution in [-0.2, 0) is 20.9 Å². The zero-order valence-electron chi connectivity index (χ0n) is 16.2. The Balaban J connectivity index is 0.000000479. The second kappa shape index (κ2) is 13.7. The van der Waals surface area contributed by atoms with Crippen molar-refractivity contribution in [3.8, 4) is 17.6 Å². The van der Waals surface area contributed by atoms with E-state index in [-0.39, 0.29) is 0 Å². The predicted molar refractivity (Wildman–Crippen MR) is 111 cm³/mol. The van der Waals surface area contributed by atoms with Crippen LogP contribution in [0.1, 0.15) is 11.1 Å². The molecule has 0 radical (unpaired) electrons. The van der Waals surface area contributed by atoms with E-state index in [1.54, 1.807) is 25.3 Å². The largest absolute Gasteiger partial charge is 0.478 e. The lowest BCUT2D eigenvalue weighted by molar-refractivity contribution is -0.134. The molecule has 8 nitrogen and oxygen atoms in total. The number of aliphatic carboxylic acids is 2. The maximum Gasteiger partial charge on any atom is 0.328 e. The first-order chi connectivity index (χ1) is 14.3. The average Bonchev–Trinajstić information content (AvgIpc) is 2.71. The fourth-order valence-corrected chi connectivity index (χ4v) is 2.23. The van der Waals surface area contributed by atoms with Gasteiger partial charge in [-0.15, -0.1) is 0 Å². The van der Waals surface area contributed by atoms with Gasteiger partial charge >= 0.3 is 11.9 Å². The summed E-state index contributed by atoms with van der Waals surface area (Å²) in [7, 11) is 1.67. The minimum absolute atomic E-state index is 0.452. The fraction of sp³-hybridized carbons (Fsp3) is 0.190.